The number of ether oxygens (including phenoxy) is 3. The van der Waals surface area contributed by atoms with Gasteiger partial charge in [-0.15, -0.1) is 11.8 Å². The average Bonchev–Trinajstić information content (AvgIpc) is 2.23. The van der Waals surface area contributed by atoms with Gasteiger partial charge in [0.2, 0.25) is 0 Å². The zero-order valence-electron chi connectivity index (χ0n) is 8.36. The fourth-order valence-corrected chi connectivity index (χ4v) is 5.13. The minimum Gasteiger partial charge on any atom is -0.382 e. The van der Waals surface area contributed by atoms with E-state index in [1.165, 1.54) is 0 Å². The molecule has 5 atom stereocenters. The van der Waals surface area contributed by atoms with Crippen molar-refractivity contribution in [1.82, 2.24) is 0 Å². The van der Waals surface area contributed by atoms with Crippen molar-refractivity contribution < 1.29 is 14.2 Å². The summed E-state index contributed by atoms with van der Waals surface area (Å²) in [7, 11) is 9.38. The lowest BCUT2D eigenvalue weighted by atomic mass is 9.64. The van der Waals surface area contributed by atoms with E-state index in [4.69, 9.17) is 22.1 Å². The van der Waals surface area contributed by atoms with Gasteiger partial charge in [-0.05, 0) is 0 Å². The van der Waals surface area contributed by atoms with Crippen LogP contribution in [-0.4, -0.2) is 50.5 Å². The first-order valence-corrected chi connectivity index (χ1v) is 5.71. The molecule has 2 heterocycles. The third-order valence-electron chi connectivity index (χ3n) is 3.68. The summed E-state index contributed by atoms with van der Waals surface area (Å²) >= 11 is 1.82. The monoisotopic (exact) mass is 212 g/mol. The van der Waals surface area contributed by atoms with Crippen LogP contribution in [0.2, 0.25) is 0 Å². The lowest BCUT2D eigenvalue weighted by Crippen LogP contribution is -2.73. The number of thioether (sulfide) groups is 1. The van der Waals surface area contributed by atoms with Crippen LogP contribution in [-0.2, 0) is 14.2 Å². The molecule has 3 nitrogen and oxygen atoms in total. The number of methoxy groups -OCH3 is 2. The van der Waals surface area contributed by atoms with Crippen LogP contribution in [0.5, 0.6) is 0 Å². The Morgan fingerprint density at radius 1 is 1.57 bits per heavy atom. The molecule has 2 saturated heterocycles. The van der Waals surface area contributed by atoms with Crippen LogP contribution in [0.15, 0.2) is 0 Å². The predicted octanol–water partition coefficient (Wildman–Crippen LogP) is 0.374. The second kappa shape index (κ2) is 2.70. The topological polar surface area (TPSA) is 27.7 Å². The van der Waals surface area contributed by atoms with Crippen LogP contribution in [0.1, 0.15) is 6.42 Å². The second-order valence-corrected chi connectivity index (χ2v) is 5.80. The van der Waals surface area contributed by atoms with Gasteiger partial charge in [0.25, 0.3) is 0 Å². The Morgan fingerprint density at radius 3 is 3.00 bits per heavy atom. The standard InChI is InChI=1S/C9H13BO3S/c1-11-4-8-3-9(12-2)6(8)5(14-9)7(10)13-8/h5-7H,3-4H2,1-2H3/t5?,6?,7-,8-,9?/m1/s1. The molecule has 0 aromatic heterocycles. The van der Waals surface area contributed by atoms with Crippen molar-refractivity contribution in [2.75, 3.05) is 20.8 Å². The molecule has 1 saturated carbocycles. The summed E-state index contributed by atoms with van der Waals surface area (Å²) < 4.78 is 16.6. The molecule has 0 amide bonds. The van der Waals surface area contributed by atoms with Crippen molar-refractivity contribution in [3.8, 4) is 0 Å². The van der Waals surface area contributed by atoms with E-state index >= 15 is 0 Å². The van der Waals surface area contributed by atoms with Crippen molar-refractivity contribution in [3.05, 3.63) is 0 Å². The van der Waals surface area contributed by atoms with Gasteiger partial charge in [0, 0.05) is 37.8 Å². The SMILES string of the molecule is [B][C@@H]1O[C@@]2(COC)CC3(OC)SC1C32. The lowest BCUT2D eigenvalue weighted by molar-refractivity contribution is -0.213. The fourth-order valence-electron chi connectivity index (χ4n) is 3.17. The Balaban J connectivity index is 1.85. The highest BCUT2D eigenvalue weighted by Crippen LogP contribution is 2.74. The Kier molecular flexibility index (Phi) is 1.83. The summed E-state index contributed by atoms with van der Waals surface area (Å²) in [6.45, 7) is 0.632. The van der Waals surface area contributed by atoms with E-state index in [-0.39, 0.29) is 16.5 Å². The summed E-state index contributed by atoms with van der Waals surface area (Å²) in [5.41, 5.74) is -0.153. The number of hydrogen-bond donors (Lipinski definition) is 0. The van der Waals surface area contributed by atoms with Crippen molar-refractivity contribution in [3.63, 3.8) is 0 Å². The molecule has 5 heteroatoms. The highest BCUT2D eigenvalue weighted by molar-refractivity contribution is 8.02. The smallest absolute Gasteiger partial charge is 0.123 e. The van der Waals surface area contributed by atoms with Gasteiger partial charge in [0.1, 0.15) is 18.4 Å². The van der Waals surface area contributed by atoms with Gasteiger partial charge >= 0.3 is 0 Å². The molecular formula is C9H13BO3S. The molecule has 76 valence electrons. The van der Waals surface area contributed by atoms with E-state index in [9.17, 15) is 0 Å². The van der Waals surface area contributed by atoms with E-state index < -0.39 is 0 Å². The molecule has 2 aliphatic heterocycles. The molecule has 1 aliphatic carbocycles. The summed E-state index contributed by atoms with van der Waals surface area (Å²) in [6.07, 6.45) is 0.907. The molecule has 3 unspecified atom stereocenters. The zero-order chi connectivity index (χ0) is 9.97. The largest absolute Gasteiger partial charge is 0.382 e. The van der Waals surface area contributed by atoms with Gasteiger partial charge < -0.3 is 14.2 Å². The molecular weight excluding hydrogens is 199 g/mol. The summed E-state index contributed by atoms with van der Waals surface area (Å²) in [5, 5.41) is 0.402. The molecule has 0 aromatic carbocycles. The maximum atomic E-state index is 5.91. The highest BCUT2D eigenvalue weighted by atomic mass is 32.2. The molecule has 0 spiro atoms. The van der Waals surface area contributed by atoms with Crippen LogP contribution in [0, 0.1) is 5.92 Å². The van der Waals surface area contributed by atoms with Gasteiger partial charge in [-0.2, -0.15) is 0 Å². The normalized spacial score (nSPS) is 58.9. The highest BCUT2D eigenvalue weighted by Gasteiger charge is 2.80. The molecule has 0 aromatic rings. The van der Waals surface area contributed by atoms with Crippen LogP contribution in [0.3, 0.4) is 0 Å². The first-order chi connectivity index (χ1) is 6.67. The molecule has 2 radical (unpaired) electrons. The first-order valence-electron chi connectivity index (χ1n) is 4.83. The number of hydrogen-bond acceptors (Lipinski definition) is 4. The van der Waals surface area contributed by atoms with Crippen LogP contribution in [0.25, 0.3) is 0 Å². The van der Waals surface area contributed by atoms with Gasteiger partial charge in [0.05, 0.1) is 6.61 Å². The molecule has 14 heavy (non-hydrogen) atoms. The maximum Gasteiger partial charge on any atom is 0.123 e. The molecule has 3 fully saturated rings. The Labute approximate surface area is 89.3 Å². The Bertz CT molecular complexity index is 277. The first kappa shape index (κ1) is 9.52. The number of rotatable bonds is 3. The Hall–Kier alpha value is 0.295. The minimum atomic E-state index is -0.153. The molecule has 0 bridgehead atoms. The second-order valence-electron chi connectivity index (χ2n) is 4.33. The third-order valence-corrected chi connectivity index (χ3v) is 5.46. The van der Waals surface area contributed by atoms with E-state index in [0.717, 1.165) is 6.42 Å². The average molecular weight is 212 g/mol. The summed E-state index contributed by atoms with van der Waals surface area (Å²) in [4.78, 5) is -0.0166. The van der Waals surface area contributed by atoms with Gasteiger partial charge in [-0.25, -0.2) is 0 Å². The van der Waals surface area contributed by atoms with Crippen LogP contribution < -0.4 is 0 Å². The molecule has 3 aliphatic rings. The van der Waals surface area contributed by atoms with E-state index in [1.807, 2.05) is 11.8 Å². The van der Waals surface area contributed by atoms with Crippen molar-refractivity contribution in [2.24, 2.45) is 5.92 Å². The quantitative estimate of drug-likeness (QED) is 0.632. The molecule has 3 rings (SSSR count). The maximum absolute atomic E-state index is 5.91. The summed E-state index contributed by atoms with van der Waals surface area (Å²) in [5.74, 6) is 0.431. The van der Waals surface area contributed by atoms with Gasteiger partial charge in [-0.3, -0.25) is 0 Å². The lowest BCUT2D eigenvalue weighted by Gasteiger charge is -2.65. The zero-order valence-corrected chi connectivity index (χ0v) is 9.17. The van der Waals surface area contributed by atoms with E-state index in [0.29, 0.717) is 17.8 Å². The Morgan fingerprint density at radius 2 is 2.36 bits per heavy atom. The van der Waals surface area contributed by atoms with Crippen molar-refractivity contribution >= 4 is 19.6 Å². The minimum absolute atomic E-state index is 0.0166. The molecule has 0 N–H and O–H groups in total. The third kappa shape index (κ3) is 0.837. The van der Waals surface area contributed by atoms with Crippen molar-refractivity contribution in [1.29, 1.82) is 0 Å². The van der Waals surface area contributed by atoms with Gasteiger partial charge in [0.15, 0.2) is 0 Å². The fraction of sp³-hybridized carbons (Fsp3) is 1.00. The van der Waals surface area contributed by atoms with Crippen molar-refractivity contribution in [2.45, 2.75) is 28.2 Å². The van der Waals surface area contributed by atoms with E-state index in [2.05, 4.69) is 0 Å². The van der Waals surface area contributed by atoms with Crippen LogP contribution in [0.4, 0.5) is 0 Å². The van der Waals surface area contributed by atoms with E-state index in [1.54, 1.807) is 14.2 Å². The van der Waals surface area contributed by atoms with Crippen LogP contribution >= 0.6 is 11.8 Å². The van der Waals surface area contributed by atoms with Gasteiger partial charge in [-0.1, -0.05) is 0 Å². The summed E-state index contributed by atoms with van der Waals surface area (Å²) in [6, 6.07) is -0.147. The predicted molar refractivity (Wildman–Crippen MR) is 54.5 cm³/mol.